The number of unbranched alkanes of at least 4 members (excludes halogenated alkanes) is 2. The van der Waals surface area contributed by atoms with Crippen LogP contribution in [0.5, 0.6) is 5.75 Å². The van der Waals surface area contributed by atoms with E-state index < -0.39 is 95.6 Å². The molecule has 0 saturated heterocycles. The molecule has 0 saturated carbocycles. The van der Waals surface area contributed by atoms with Gasteiger partial charge in [0.25, 0.3) is 5.24 Å². The maximum Gasteiger partial charge on any atom is 0.305 e. The van der Waals surface area contributed by atoms with Crippen LogP contribution < -0.4 is 48.3 Å². The van der Waals surface area contributed by atoms with Gasteiger partial charge in [-0.2, -0.15) is 0 Å². The van der Waals surface area contributed by atoms with Crippen LogP contribution in [0.25, 0.3) is 10.8 Å². The van der Waals surface area contributed by atoms with Gasteiger partial charge < -0.3 is 86.9 Å². The summed E-state index contributed by atoms with van der Waals surface area (Å²) in [6, 6.07) is 14.8. The Morgan fingerprint density at radius 2 is 1.03 bits per heavy atom. The van der Waals surface area contributed by atoms with Crippen LogP contribution in [0.1, 0.15) is 76.8 Å². The molecule has 3 rings (SSSR count). The first-order chi connectivity index (χ1) is 41.4. The number of phenols is 1. The fourth-order valence-electron chi connectivity index (χ4n) is 8.09. The third-order valence-electron chi connectivity index (χ3n) is 12.6. The Bertz CT molecular complexity index is 2530. The van der Waals surface area contributed by atoms with Gasteiger partial charge in [-0.25, -0.2) is 0 Å². The first-order valence-electron chi connectivity index (χ1n) is 29.0. The molecule has 0 radical (unpaired) electrons. The molecule has 0 aliphatic heterocycles. The van der Waals surface area contributed by atoms with Gasteiger partial charge in [0.1, 0.15) is 29.9 Å². The van der Waals surface area contributed by atoms with Gasteiger partial charge in [-0.15, -0.1) is 0 Å². The average Bonchev–Trinajstić information content (AvgIpc) is 3.46. The fourth-order valence-corrected chi connectivity index (χ4v) is 8.66. The zero-order chi connectivity index (χ0) is 62.7. The van der Waals surface area contributed by atoms with Gasteiger partial charge in [0.2, 0.25) is 41.4 Å². The summed E-state index contributed by atoms with van der Waals surface area (Å²) in [7, 11) is 0. The molecule has 0 aromatic heterocycles. The van der Waals surface area contributed by atoms with E-state index in [1.165, 1.54) is 12.1 Å². The quantitative estimate of drug-likeness (QED) is 0.0356. The number of thioether (sulfide) groups is 1. The smallest absolute Gasteiger partial charge is 0.305 e. The lowest BCUT2D eigenvalue weighted by Gasteiger charge is -2.24. The second-order valence-electron chi connectivity index (χ2n) is 20.1. The minimum absolute atomic E-state index is 0.0306. The van der Waals surface area contributed by atoms with Crippen molar-refractivity contribution in [3.05, 3.63) is 77.9 Å². The Morgan fingerprint density at radius 1 is 0.523 bits per heavy atom. The maximum atomic E-state index is 14.1. The Morgan fingerprint density at radius 3 is 1.64 bits per heavy atom. The number of ether oxygens (including phenoxy) is 6. The number of amides is 8. The summed E-state index contributed by atoms with van der Waals surface area (Å²) in [5, 5.41) is 41.5. The minimum atomic E-state index is -1.29. The predicted molar refractivity (Wildman–Crippen MR) is 322 cm³/mol. The summed E-state index contributed by atoms with van der Waals surface area (Å²) in [6.45, 7) is 9.47. The zero-order valence-corrected chi connectivity index (χ0v) is 50.4. The van der Waals surface area contributed by atoms with Crippen LogP contribution in [0.4, 0.5) is 4.79 Å². The molecule has 3 aromatic carbocycles. The van der Waals surface area contributed by atoms with Crippen LogP contribution in [0, 0.1) is 0 Å². The molecule has 0 heterocycles. The number of benzene rings is 3. The molecule has 478 valence electrons. The molecule has 0 aliphatic rings. The van der Waals surface area contributed by atoms with E-state index >= 15 is 0 Å². The molecule has 8 amide bonds. The Balaban J connectivity index is 1.50. The minimum Gasteiger partial charge on any atom is -0.508 e. The molecule has 27 heteroatoms. The summed E-state index contributed by atoms with van der Waals surface area (Å²) in [6.07, 6.45) is 2.86. The lowest BCUT2D eigenvalue weighted by Crippen LogP contribution is -2.55. The number of nitrogens with two attached hydrogens (primary N) is 1. The van der Waals surface area contributed by atoms with Crippen molar-refractivity contribution < 1.29 is 81.8 Å². The Hall–Kier alpha value is -6.98. The summed E-state index contributed by atoms with van der Waals surface area (Å²) in [4.78, 5) is 117. The van der Waals surface area contributed by atoms with E-state index in [1.54, 1.807) is 12.1 Å². The lowest BCUT2D eigenvalue weighted by atomic mass is 10.0. The maximum absolute atomic E-state index is 14.1. The van der Waals surface area contributed by atoms with E-state index in [0.29, 0.717) is 115 Å². The lowest BCUT2D eigenvalue weighted by molar-refractivity contribution is -0.138. The number of carboxylic acid groups (broad SMARTS) is 1. The van der Waals surface area contributed by atoms with Crippen molar-refractivity contribution in [2.24, 2.45) is 5.73 Å². The monoisotopic (exact) mass is 1230 g/mol. The van der Waals surface area contributed by atoms with Crippen molar-refractivity contribution in [1.82, 2.24) is 42.5 Å². The highest BCUT2D eigenvalue weighted by Gasteiger charge is 2.29. The van der Waals surface area contributed by atoms with E-state index in [1.807, 2.05) is 63.2 Å². The highest BCUT2D eigenvalue weighted by Crippen LogP contribution is 2.18. The molecule has 86 heavy (non-hydrogen) atoms. The number of primary amides is 1. The van der Waals surface area contributed by atoms with Gasteiger partial charge in [0.15, 0.2) is 0 Å². The van der Waals surface area contributed by atoms with E-state index in [2.05, 4.69) is 42.5 Å². The third-order valence-corrected chi connectivity index (χ3v) is 13.3. The summed E-state index contributed by atoms with van der Waals surface area (Å²) < 4.78 is 32.6. The van der Waals surface area contributed by atoms with Crippen LogP contribution in [-0.4, -0.2) is 204 Å². The normalized spacial score (nSPS) is 12.6. The molecule has 4 atom stereocenters. The number of carbonyl (C=O) groups excluding carboxylic acids is 8. The van der Waals surface area contributed by atoms with Crippen LogP contribution in [0.3, 0.4) is 0 Å². The number of rotatable bonds is 48. The van der Waals surface area contributed by atoms with E-state index in [-0.39, 0.29) is 63.8 Å². The van der Waals surface area contributed by atoms with Gasteiger partial charge in [0, 0.05) is 25.4 Å². The van der Waals surface area contributed by atoms with Crippen molar-refractivity contribution in [3.8, 4) is 5.75 Å². The van der Waals surface area contributed by atoms with Gasteiger partial charge in [-0.3, -0.25) is 43.2 Å². The summed E-state index contributed by atoms with van der Waals surface area (Å²) in [5.41, 5.74) is 6.51. The predicted octanol–water partition coefficient (Wildman–Crippen LogP) is 1.36. The van der Waals surface area contributed by atoms with Crippen LogP contribution >= 0.6 is 11.8 Å². The molecule has 0 fully saturated rings. The number of hydrogen-bond acceptors (Lipinski definition) is 18. The average molecular weight is 1230 g/mol. The highest BCUT2D eigenvalue weighted by molar-refractivity contribution is 8.14. The zero-order valence-electron chi connectivity index (χ0n) is 49.6. The molecular weight excluding hydrogens is 1140 g/mol. The Kier molecular flexibility index (Phi) is 37.9. The first-order valence-corrected chi connectivity index (χ1v) is 30.0. The second-order valence-corrected chi connectivity index (χ2v) is 21.0. The van der Waals surface area contributed by atoms with Crippen molar-refractivity contribution in [1.29, 1.82) is 0 Å². The van der Waals surface area contributed by atoms with E-state index in [4.69, 9.17) is 39.3 Å². The standard InChI is InChI=1S/C59H89N9O17S/c1-4-5-12-48(56(76)64-39-52(71)66-49(57(77)63-38-51(60)70)37-43-14-17-44-10-6-7-11-45(44)35-43)67-58(78)50(36-42-15-18-46(69)19-16-42)68-59(79)86-40-53(72)65-47(13-8-9-21-61-41(2)3)55(75)62-22-24-81-26-28-83-30-32-85-34-33-84-31-29-82-27-25-80-23-20-54(73)74/h6-7,10-11,14-19,35,41,47-50,61,69H,4-5,8-9,12-13,20-34,36-40H2,1-3H3,(H2,60,70)(H,62,75)(H,63,77)(H,64,76)(H,65,72)(H,66,71)(H,67,78)(H,68,79)(H,73,74). The van der Waals surface area contributed by atoms with Crippen LogP contribution in [-0.2, 0) is 79.6 Å². The molecular formula is C59H89N9O17S. The van der Waals surface area contributed by atoms with Crippen LogP contribution in [0.15, 0.2) is 66.7 Å². The molecule has 0 aliphatic carbocycles. The number of nitrogens with one attached hydrogen (secondary N) is 8. The van der Waals surface area contributed by atoms with Crippen molar-refractivity contribution in [2.45, 2.75) is 109 Å². The van der Waals surface area contributed by atoms with Crippen molar-refractivity contribution >= 4 is 75.1 Å². The SMILES string of the molecule is CCCCC(NC(=O)C(Cc1ccc(O)cc1)NC(=O)SCC(=O)NC(CCCCNC(C)C)C(=O)NCCOCCOCCOCCOCCOCCOCCC(=O)O)C(=O)NCC(=O)NC(Cc1ccc2ccccc2c1)C(=O)NCC(N)=O. The topological polar surface area (TPSA) is 372 Å². The largest absolute Gasteiger partial charge is 0.508 e. The number of hydrogen-bond donors (Lipinski definition) is 11. The first kappa shape index (κ1) is 73.3. The van der Waals surface area contributed by atoms with Gasteiger partial charge in [0.05, 0.1) is 105 Å². The molecule has 26 nitrogen and oxygen atoms in total. The third kappa shape index (κ3) is 34.2. The van der Waals surface area contributed by atoms with Gasteiger partial charge >= 0.3 is 5.97 Å². The van der Waals surface area contributed by atoms with E-state index in [0.717, 1.165) is 17.2 Å². The molecule has 3 aromatic rings. The molecule has 0 bridgehead atoms. The number of aromatic hydroxyl groups is 1. The van der Waals surface area contributed by atoms with Crippen LogP contribution in [0.2, 0.25) is 0 Å². The number of carbonyl (C=O) groups is 9. The highest BCUT2D eigenvalue weighted by atomic mass is 32.2. The van der Waals surface area contributed by atoms with Gasteiger partial charge in [-0.1, -0.05) is 100.0 Å². The number of aliphatic carboxylic acids is 1. The Labute approximate surface area is 506 Å². The van der Waals surface area contributed by atoms with Crippen molar-refractivity contribution in [2.75, 3.05) is 111 Å². The summed E-state index contributed by atoms with van der Waals surface area (Å²) in [5.74, 6) is -6.05. The number of fused-ring (bicyclic) bond motifs is 1. The number of carboxylic acids is 1. The number of phenolic OH excluding ortho intramolecular Hbond substituents is 1. The summed E-state index contributed by atoms with van der Waals surface area (Å²) >= 11 is 0.575. The molecule has 4 unspecified atom stereocenters. The van der Waals surface area contributed by atoms with Crippen molar-refractivity contribution in [3.63, 3.8) is 0 Å². The van der Waals surface area contributed by atoms with E-state index in [9.17, 15) is 48.3 Å². The molecule has 0 spiro atoms. The fraction of sp³-hybridized carbons (Fsp3) is 0.576. The molecule has 12 N–H and O–H groups in total. The van der Waals surface area contributed by atoms with Gasteiger partial charge in [-0.05, 0) is 66.3 Å². The second kappa shape index (κ2) is 44.5.